The van der Waals surface area contributed by atoms with E-state index in [4.69, 9.17) is 5.14 Å². The molecule has 0 spiro atoms. The number of halogens is 1. The number of rotatable bonds is 4. The van der Waals surface area contributed by atoms with Crippen LogP contribution in [0.15, 0.2) is 33.5 Å². The summed E-state index contributed by atoms with van der Waals surface area (Å²) < 4.78 is 18.6. The highest BCUT2D eigenvalue weighted by atomic mass is 32.2. The quantitative estimate of drug-likeness (QED) is 0.722. The first-order valence-corrected chi connectivity index (χ1v) is 11.3. The van der Waals surface area contributed by atoms with Crippen LogP contribution >= 0.6 is 13.5 Å². The van der Waals surface area contributed by atoms with E-state index in [1.807, 2.05) is 25.1 Å². The van der Waals surface area contributed by atoms with Gasteiger partial charge in [0, 0.05) is 23.1 Å². The highest BCUT2D eigenvalue weighted by Crippen LogP contribution is 2.38. The summed E-state index contributed by atoms with van der Waals surface area (Å²) in [6.07, 6.45) is 6.32. The fraction of sp³-hybridized carbons (Fsp3) is 0.409. The zero-order valence-electron chi connectivity index (χ0n) is 17.9. The number of carbonyl (C=O) groups excluding carboxylic acids is 1. The van der Waals surface area contributed by atoms with E-state index in [2.05, 4.69) is 15.7 Å². The molecule has 0 saturated carbocycles. The average Bonchev–Trinajstić information content (AvgIpc) is 3.29. The molecule has 1 unspecified atom stereocenters. The lowest BCUT2D eigenvalue weighted by Gasteiger charge is -2.15. The molecule has 1 atom stereocenters. The normalized spacial score (nSPS) is 15.1. The Morgan fingerprint density at radius 1 is 1.13 bits per heavy atom. The van der Waals surface area contributed by atoms with Crippen molar-refractivity contribution in [2.75, 3.05) is 19.4 Å². The van der Waals surface area contributed by atoms with E-state index in [1.54, 1.807) is 6.07 Å². The summed E-state index contributed by atoms with van der Waals surface area (Å²) in [6, 6.07) is 6.74. The van der Waals surface area contributed by atoms with E-state index in [1.165, 1.54) is 28.3 Å². The largest absolute Gasteiger partial charge is 0.412 e. The highest BCUT2D eigenvalue weighted by Gasteiger charge is 2.25. The van der Waals surface area contributed by atoms with E-state index in [9.17, 15) is 9.18 Å². The second kappa shape index (κ2) is 10.7. The maximum Gasteiger partial charge on any atom is 0.352 e. The van der Waals surface area contributed by atoms with Crippen molar-refractivity contribution < 1.29 is 14.7 Å². The Bertz CT molecular complexity index is 979. The van der Waals surface area contributed by atoms with Gasteiger partial charge in [-0.05, 0) is 92.6 Å². The lowest BCUT2D eigenvalue weighted by Crippen LogP contribution is -2.16. The molecule has 0 radical (unpaired) electrons. The number of benzene rings is 2. The molecule has 0 fully saturated rings. The van der Waals surface area contributed by atoms with Crippen molar-refractivity contribution in [1.29, 1.82) is 0 Å². The Labute approximate surface area is 192 Å². The number of carbonyl (C=O) groups is 1. The minimum Gasteiger partial charge on any atom is -0.412 e. The molecule has 0 heterocycles. The van der Waals surface area contributed by atoms with Gasteiger partial charge in [0.15, 0.2) is 0 Å². The molecular weight excluding hydrogens is 435 g/mol. The zero-order chi connectivity index (χ0) is 20.5. The van der Waals surface area contributed by atoms with Gasteiger partial charge in [-0.1, -0.05) is 12.1 Å². The molecule has 2 aliphatic rings. The van der Waals surface area contributed by atoms with Crippen LogP contribution in [0.1, 0.15) is 40.7 Å². The Morgan fingerprint density at radius 2 is 1.74 bits per heavy atom. The van der Waals surface area contributed by atoms with Crippen molar-refractivity contribution in [2.45, 2.75) is 50.0 Å². The van der Waals surface area contributed by atoms with Crippen molar-refractivity contribution in [3.63, 3.8) is 0 Å². The minimum atomic E-state index is -1.34. The predicted octanol–water partition coefficient (Wildman–Crippen LogP) is 3.42. The monoisotopic (exact) mass is 466 g/mol. The third-order valence-electron chi connectivity index (χ3n) is 5.61. The fourth-order valence-electron chi connectivity index (χ4n) is 4.41. The summed E-state index contributed by atoms with van der Waals surface area (Å²) in [5.74, 6) is -0.423. The number of nitrogens with zero attached hydrogens (tertiary/aromatic N) is 2. The van der Waals surface area contributed by atoms with Gasteiger partial charge in [-0.25, -0.2) is 9.18 Å². The first-order valence-electron chi connectivity index (χ1n) is 10.0. The van der Waals surface area contributed by atoms with Crippen LogP contribution in [-0.4, -0.2) is 30.5 Å². The van der Waals surface area contributed by atoms with Crippen LogP contribution in [0.25, 0.3) is 0 Å². The second-order valence-electron chi connectivity index (χ2n) is 8.07. The average molecular weight is 467 g/mol. The highest BCUT2D eigenvalue weighted by molar-refractivity contribution is 7.85. The molecular formula is C22H31FN4O2S2. The van der Waals surface area contributed by atoms with Gasteiger partial charge in [0.1, 0.15) is 5.82 Å². The molecule has 5 N–H and O–H groups in total. The van der Waals surface area contributed by atoms with Crippen LogP contribution < -0.4 is 10.5 Å². The fourth-order valence-corrected chi connectivity index (χ4v) is 5.20. The topological polar surface area (TPSA) is 102 Å². The van der Waals surface area contributed by atoms with E-state index >= 15 is 0 Å². The van der Waals surface area contributed by atoms with Gasteiger partial charge in [0.2, 0.25) is 0 Å². The number of hydrogen-bond donors (Lipinski definition) is 2. The molecule has 0 aliphatic heterocycles. The van der Waals surface area contributed by atoms with Gasteiger partial charge in [0.05, 0.1) is 4.90 Å². The van der Waals surface area contributed by atoms with Gasteiger partial charge >= 0.3 is 6.03 Å². The van der Waals surface area contributed by atoms with Crippen molar-refractivity contribution in [3.8, 4) is 0 Å². The molecule has 4 rings (SSSR count). The molecule has 6 nitrogen and oxygen atoms in total. The number of amides is 2. The second-order valence-corrected chi connectivity index (χ2v) is 9.32. The molecule has 0 aromatic heterocycles. The van der Waals surface area contributed by atoms with Gasteiger partial charge in [-0.3, -0.25) is 5.14 Å². The van der Waals surface area contributed by atoms with E-state index in [0.717, 1.165) is 49.8 Å². The van der Waals surface area contributed by atoms with Crippen molar-refractivity contribution in [3.05, 3.63) is 57.9 Å². The SMILES string of the molecule is CN(C)Cc1ccc(S(N)=NC(=O)Nc2c3c(cc4c2CCC4)CCC3)c(F)c1.O.S. The summed E-state index contributed by atoms with van der Waals surface area (Å²) in [5.41, 5.74) is 6.95. The van der Waals surface area contributed by atoms with E-state index in [0.29, 0.717) is 6.54 Å². The first kappa shape index (κ1) is 25.5. The van der Waals surface area contributed by atoms with Crippen LogP contribution in [0.4, 0.5) is 14.9 Å². The smallest absolute Gasteiger partial charge is 0.352 e. The number of aryl methyl sites for hydroxylation is 2. The molecule has 0 saturated heterocycles. The molecule has 9 heteroatoms. The maximum absolute atomic E-state index is 14.5. The predicted molar refractivity (Wildman–Crippen MR) is 130 cm³/mol. The van der Waals surface area contributed by atoms with Crippen LogP contribution in [0.5, 0.6) is 0 Å². The Balaban J connectivity index is 0.00000171. The lowest BCUT2D eigenvalue weighted by molar-refractivity contribution is 0.260. The Kier molecular flexibility index (Phi) is 8.79. The van der Waals surface area contributed by atoms with Crippen LogP contribution in [0.3, 0.4) is 0 Å². The van der Waals surface area contributed by atoms with Gasteiger partial charge in [-0.2, -0.15) is 17.9 Å². The van der Waals surface area contributed by atoms with Gasteiger partial charge in [0.25, 0.3) is 0 Å². The molecule has 2 amide bonds. The van der Waals surface area contributed by atoms with Gasteiger partial charge < -0.3 is 15.7 Å². The number of nitrogens with two attached hydrogens (primary N) is 1. The molecule has 2 aromatic carbocycles. The molecule has 2 aromatic rings. The summed E-state index contributed by atoms with van der Waals surface area (Å²) in [4.78, 5) is 14.9. The third kappa shape index (κ3) is 5.53. The summed E-state index contributed by atoms with van der Waals surface area (Å²) in [7, 11) is 2.51. The Morgan fingerprint density at radius 3 is 2.29 bits per heavy atom. The molecule has 0 bridgehead atoms. The molecule has 2 aliphatic carbocycles. The summed E-state index contributed by atoms with van der Waals surface area (Å²) in [6.45, 7) is 0.636. The first-order chi connectivity index (χ1) is 13.9. The standard InChI is InChI=1S/C22H27FN4OS.H2O.H2S/c1-27(2)13-14-9-10-20(19(23)11-14)29(24)26-22(28)25-21-17-7-3-5-15(17)12-16-6-4-8-18(16)21;;/h9-12H,3-8,13H2,1-2H3,(H3,24,25,26,28);2*1H2. The molecule has 31 heavy (non-hydrogen) atoms. The van der Waals surface area contributed by atoms with Crippen molar-refractivity contribution >= 4 is 36.1 Å². The number of nitrogens with one attached hydrogen (secondary N) is 1. The van der Waals surface area contributed by atoms with Crippen LogP contribution in [0.2, 0.25) is 0 Å². The summed E-state index contributed by atoms with van der Waals surface area (Å²) >= 11 is 0. The van der Waals surface area contributed by atoms with Crippen LogP contribution in [-0.2, 0) is 43.1 Å². The third-order valence-corrected chi connectivity index (χ3v) is 6.75. The van der Waals surface area contributed by atoms with E-state index < -0.39 is 22.7 Å². The number of anilines is 1. The Hall–Kier alpha value is -1.78. The van der Waals surface area contributed by atoms with Crippen molar-refractivity contribution in [2.24, 2.45) is 9.50 Å². The van der Waals surface area contributed by atoms with E-state index in [-0.39, 0.29) is 23.9 Å². The lowest BCUT2D eigenvalue weighted by atomic mass is 9.99. The number of hydrogen-bond acceptors (Lipinski definition) is 2. The number of fused-ring (bicyclic) bond motifs is 2. The molecule has 170 valence electrons. The van der Waals surface area contributed by atoms with Crippen LogP contribution in [0, 0.1) is 5.82 Å². The zero-order valence-corrected chi connectivity index (χ0v) is 19.7. The number of urea groups is 1. The summed E-state index contributed by atoms with van der Waals surface area (Å²) in [5, 5.41) is 9.07. The maximum atomic E-state index is 14.5. The van der Waals surface area contributed by atoms with Gasteiger partial charge in [-0.15, -0.1) is 0 Å². The minimum absolute atomic E-state index is 0. The van der Waals surface area contributed by atoms with Crippen molar-refractivity contribution in [1.82, 2.24) is 4.90 Å².